The second kappa shape index (κ2) is 16.8. The van der Waals surface area contributed by atoms with Gasteiger partial charge >= 0.3 is 5.97 Å². The van der Waals surface area contributed by atoms with E-state index in [2.05, 4.69) is 57.1 Å². The van der Waals surface area contributed by atoms with Crippen molar-refractivity contribution in [1.29, 1.82) is 0 Å². The fourth-order valence-corrected chi connectivity index (χ4v) is 7.50. The molecule has 1 atom stereocenters. The van der Waals surface area contributed by atoms with Crippen molar-refractivity contribution in [2.45, 2.75) is 83.8 Å². The number of ether oxygens (including phenoxy) is 2. The molecule has 1 amide bonds. The van der Waals surface area contributed by atoms with E-state index < -0.39 is 6.04 Å². The Labute approximate surface area is 312 Å². The molecule has 0 radical (unpaired) electrons. The Hall–Kier alpha value is -4.90. The summed E-state index contributed by atoms with van der Waals surface area (Å²) in [6.45, 7) is 8.89. The summed E-state index contributed by atoms with van der Waals surface area (Å²) in [5, 5.41) is 0. The molecular weight excluding hydrogens is 667 g/mol. The van der Waals surface area contributed by atoms with Crippen LogP contribution in [-0.4, -0.2) is 100 Å². The van der Waals surface area contributed by atoms with Gasteiger partial charge in [0.2, 0.25) is 5.91 Å². The van der Waals surface area contributed by atoms with Gasteiger partial charge in [-0.05, 0) is 101 Å². The Kier molecular flexibility index (Phi) is 11.6. The molecule has 0 spiro atoms. The Balaban J connectivity index is 0.948. The first-order valence-corrected chi connectivity index (χ1v) is 19.5. The Morgan fingerprint density at radius 3 is 2.38 bits per heavy atom. The van der Waals surface area contributed by atoms with Crippen LogP contribution in [-0.2, 0) is 14.3 Å². The fraction of sp³-hybridized carbons (Fsp3) is 0.476. The number of hydrogen-bond donors (Lipinski definition) is 2. The van der Waals surface area contributed by atoms with Gasteiger partial charge in [0, 0.05) is 56.0 Å². The largest absolute Gasteiger partial charge is 0.494 e. The molecule has 3 heterocycles. The van der Waals surface area contributed by atoms with Crippen molar-refractivity contribution in [3.8, 4) is 28.5 Å². The number of nitrogens with one attached hydrogen (secondary N) is 2. The van der Waals surface area contributed by atoms with Gasteiger partial charge < -0.3 is 34.1 Å². The third-order valence-electron chi connectivity index (χ3n) is 10.7. The molecule has 7 rings (SSSR count). The van der Waals surface area contributed by atoms with Crippen molar-refractivity contribution < 1.29 is 19.1 Å². The van der Waals surface area contributed by atoms with Crippen LogP contribution in [0.5, 0.6) is 5.75 Å². The lowest BCUT2D eigenvalue weighted by atomic mass is 10.1. The first-order valence-electron chi connectivity index (χ1n) is 19.5. The second-order valence-electron chi connectivity index (χ2n) is 14.7. The van der Waals surface area contributed by atoms with Gasteiger partial charge in [-0.2, -0.15) is 0 Å². The second-order valence-corrected chi connectivity index (χ2v) is 14.7. The molecule has 3 aromatic carbocycles. The number of carbonyl (C=O) groups excluding carboxylic acids is 2. The van der Waals surface area contributed by atoms with Crippen LogP contribution in [0.1, 0.15) is 71.6 Å². The summed E-state index contributed by atoms with van der Waals surface area (Å²) in [5.74, 6) is 1.94. The summed E-state index contributed by atoms with van der Waals surface area (Å²) < 4.78 is 11.9. The number of rotatable bonds is 13. The highest BCUT2D eigenvalue weighted by Gasteiger charge is 2.28. The van der Waals surface area contributed by atoms with E-state index >= 15 is 0 Å². The maximum Gasteiger partial charge on any atom is 0.328 e. The molecule has 1 saturated heterocycles. The van der Waals surface area contributed by atoms with Gasteiger partial charge in [0.15, 0.2) is 0 Å². The van der Waals surface area contributed by atoms with Crippen LogP contribution in [0.15, 0.2) is 60.7 Å². The van der Waals surface area contributed by atoms with Crippen molar-refractivity contribution >= 4 is 39.6 Å². The molecule has 2 aliphatic rings. The molecule has 2 fully saturated rings. The van der Waals surface area contributed by atoms with Crippen molar-refractivity contribution in [3.05, 3.63) is 60.7 Å². The summed E-state index contributed by atoms with van der Waals surface area (Å²) in [4.78, 5) is 49.5. The molecule has 11 heteroatoms. The molecule has 1 unspecified atom stereocenters. The molecule has 1 aliphatic heterocycles. The van der Waals surface area contributed by atoms with E-state index in [9.17, 15) is 9.59 Å². The van der Waals surface area contributed by atoms with Crippen LogP contribution in [0.3, 0.4) is 0 Å². The Bertz CT molecular complexity index is 2010. The van der Waals surface area contributed by atoms with E-state index in [0.29, 0.717) is 31.7 Å². The molecule has 11 nitrogen and oxygen atoms in total. The van der Waals surface area contributed by atoms with E-state index in [1.807, 2.05) is 37.3 Å². The van der Waals surface area contributed by atoms with Gasteiger partial charge in [-0.3, -0.25) is 4.79 Å². The summed E-state index contributed by atoms with van der Waals surface area (Å²) in [6, 6.07) is 19.9. The first-order chi connectivity index (χ1) is 25.8. The van der Waals surface area contributed by atoms with Gasteiger partial charge in [0.05, 0.1) is 28.7 Å². The minimum absolute atomic E-state index is 0.0312. The normalized spacial score (nSPS) is 16.5. The number of piperazine rings is 1. The number of hydrogen-bond acceptors (Lipinski definition) is 8. The zero-order valence-electron chi connectivity index (χ0n) is 31.4. The van der Waals surface area contributed by atoms with Crippen LogP contribution < -0.4 is 9.64 Å². The van der Waals surface area contributed by atoms with E-state index in [0.717, 1.165) is 103 Å². The molecule has 5 aromatic rings. The van der Waals surface area contributed by atoms with E-state index in [-0.39, 0.29) is 18.0 Å². The SMILES string of the molecule is CCCN(C(=O)CCCOc1cccc(-c2nc3ccc(-c4nc5cc(N6CCN(C)CC6)ccc5[nH]4)cc3[nH]2)c1)C(C)C(=O)OC1CCCCCC1. The number of nitrogens with zero attached hydrogens (tertiary/aromatic N) is 5. The molecule has 1 aliphatic carbocycles. The monoisotopic (exact) mass is 719 g/mol. The minimum atomic E-state index is -0.595. The van der Waals surface area contributed by atoms with Gasteiger partial charge in [0.1, 0.15) is 29.5 Å². The molecule has 2 aromatic heterocycles. The van der Waals surface area contributed by atoms with Crippen molar-refractivity contribution in [3.63, 3.8) is 0 Å². The average Bonchev–Trinajstić information content (AvgIpc) is 3.72. The lowest BCUT2D eigenvalue weighted by molar-refractivity contribution is -0.159. The van der Waals surface area contributed by atoms with Crippen molar-refractivity contribution in [2.24, 2.45) is 0 Å². The number of amides is 1. The number of likely N-dealkylation sites (N-methyl/N-ethyl adjacent to an activating group) is 1. The minimum Gasteiger partial charge on any atom is -0.494 e. The summed E-state index contributed by atoms with van der Waals surface area (Å²) in [5.41, 5.74) is 6.87. The van der Waals surface area contributed by atoms with Gasteiger partial charge in [-0.1, -0.05) is 31.9 Å². The third-order valence-corrected chi connectivity index (χ3v) is 10.7. The molecule has 2 N–H and O–H groups in total. The predicted octanol–water partition coefficient (Wildman–Crippen LogP) is 7.58. The van der Waals surface area contributed by atoms with Gasteiger partial charge in [-0.25, -0.2) is 14.8 Å². The van der Waals surface area contributed by atoms with Gasteiger partial charge in [-0.15, -0.1) is 0 Å². The highest BCUT2D eigenvalue weighted by Crippen LogP contribution is 2.29. The number of esters is 1. The number of anilines is 1. The lowest BCUT2D eigenvalue weighted by Gasteiger charge is -2.34. The number of aromatic nitrogens is 4. The van der Waals surface area contributed by atoms with E-state index in [1.54, 1.807) is 11.8 Å². The molecule has 280 valence electrons. The highest BCUT2D eigenvalue weighted by molar-refractivity contribution is 5.87. The topological polar surface area (TPSA) is 120 Å². The smallest absolute Gasteiger partial charge is 0.328 e. The lowest BCUT2D eigenvalue weighted by Crippen LogP contribution is -2.45. The number of aromatic amines is 2. The summed E-state index contributed by atoms with van der Waals surface area (Å²) in [7, 11) is 2.17. The predicted molar refractivity (Wildman–Crippen MR) is 210 cm³/mol. The van der Waals surface area contributed by atoms with Crippen molar-refractivity contribution in [1.82, 2.24) is 29.7 Å². The van der Waals surface area contributed by atoms with Crippen LogP contribution in [0.2, 0.25) is 0 Å². The molecular formula is C42H53N7O4. The maximum atomic E-state index is 13.2. The number of benzene rings is 3. The van der Waals surface area contributed by atoms with Gasteiger partial charge in [0.25, 0.3) is 0 Å². The quantitative estimate of drug-likeness (QED) is 0.0727. The summed E-state index contributed by atoms with van der Waals surface area (Å²) in [6.07, 6.45) is 7.99. The average molecular weight is 720 g/mol. The zero-order chi connectivity index (χ0) is 36.7. The van der Waals surface area contributed by atoms with Crippen LogP contribution in [0.25, 0.3) is 44.8 Å². The first kappa shape index (κ1) is 36.5. The van der Waals surface area contributed by atoms with E-state index in [1.165, 1.54) is 18.5 Å². The van der Waals surface area contributed by atoms with Crippen LogP contribution in [0.4, 0.5) is 5.69 Å². The van der Waals surface area contributed by atoms with Crippen molar-refractivity contribution in [2.75, 3.05) is 51.3 Å². The standard InChI is InChI=1S/C42H53N7O4/c1-4-20-49(29(2)42(51)53-33-12-7-5-6-8-13-33)39(50)15-10-25-52-34-14-9-11-30(26-34)40-43-35-18-16-31(27-37(35)45-40)41-44-36-19-17-32(28-38(36)46-41)48-23-21-47(3)22-24-48/h9,11,14,16-19,26-29,33H,4-8,10,12-13,15,20-25H2,1-3H3,(H,43,45)(H,44,46). The third kappa shape index (κ3) is 8.84. The number of carbonyl (C=O) groups is 2. The van der Waals surface area contributed by atoms with Crippen LogP contribution in [0, 0.1) is 0 Å². The number of H-pyrrole nitrogens is 2. The highest BCUT2D eigenvalue weighted by atomic mass is 16.5. The summed E-state index contributed by atoms with van der Waals surface area (Å²) >= 11 is 0. The number of imidazole rings is 2. The molecule has 0 bridgehead atoms. The Morgan fingerprint density at radius 1 is 0.868 bits per heavy atom. The fourth-order valence-electron chi connectivity index (χ4n) is 7.50. The van der Waals surface area contributed by atoms with E-state index in [4.69, 9.17) is 19.4 Å². The molecule has 53 heavy (non-hydrogen) atoms. The number of fused-ring (bicyclic) bond motifs is 2. The molecule has 1 saturated carbocycles. The van der Waals surface area contributed by atoms with Crippen LogP contribution >= 0.6 is 0 Å². The Morgan fingerprint density at radius 2 is 1.60 bits per heavy atom. The zero-order valence-corrected chi connectivity index (χ0v) is 31.4. The maximum absolute atomic E-state index is 13.2.